The molecule has 0 saturated heterocycles. The zero-order valence-corrected chi connectivity index (χ0v) is 11.4. The highest BCUT2D eigenvalue weighted by Crippen LogP contribution is 2.25. The molecule has 2 aromatic rings. The van der Waals surface area contributed by atoms with E-state index in [4.69, 9.17) is 9.57 Å². The van der Waals surface area contributed by atoms with Crippen molar-refractivity contribution < 1.29 is 14.4 Å². The second-order valence-electron chi connectivity index (χ2n) is 4.48. The summed E-state index contributed by atoms with van der Waals surface area (Å²) in [5.41, 5.74) is 2.60. The lowest BCUT2D eigenvalue weighted by Crippen LogP contribution is -2.06. The maximum atomic E-state index is 11.9. The smallest absolute Gasteiger partial charge is 0.368 e. The highest BCUT2D eigenvalue weighted by molar-refractivity contribution is 6.31. The number of oxime groups is 1. The van der Waals surface area contributed by atoms with Crippen LogP contribution in [-0.2, 0) is 9.63 Å². The van der Waals surface area contributed by atoms with Crippen molar-refractivity contribution in [2.45, 2.75) is 0 Å². The summed E-state index contributed by atoms with van der Waals surface area (Å²) in [6.07, 6.45) is 1.74. The lowest BCUT2D eigenvalue weighted by Gasteiger charge is -2.05. The molecule has 1 heterocycles. The molecular weight excluding hydrogens is 266 g/mol. The van der Waals surface area contributed by atoms with Crippen molar-refractivity contribution >= 4 is 17.8 Å². The Hall–Kier alpha value is -2.88. The van der Waals surface area contributed by atoms with Crippen molar-refractivity contribution in [3.8, 4) is 5.75 Å². The maximum Gasteiger partial charge on any atom is 0.368 e. The molecule has 0 spiro atoms. The fourth-order valence-corrected chi connectivity index (χ4v) is 2.15. The van der Waals surface area contributed by atoms with Crippen LogP contribution in [0.25, 0.3) is 6.08 Å². The minimum Gasteiger partial charge on any atom is -0.496 e. The average molecular weight is 279 g/mol. The van der Waals surface area contributed by atoms with Gasteiger partial charge in [0.15, 0.2) is 0 Å². The van der Waals surface area contributed by atoms with Crippen LogP contribution < -0.4 is 4.74 Å². The van der Waals surface area contributed by atoms with E-state index in [0.717, 1.165) is 11.1 Å². The topological polar surface area (TPSA) is 47.9 Å². The van der Waals surface area contributed by atoms with Gasteiger partial charge in [0.05, 0.1) is 12.7 Å². The molecule has 1 aliphatic rings. The van der Waals surface area contributed by atoms with Crippen LogP contribution in [0.15, 0.2) is 65.3 Å². The highest BCUT2D eigenvalue weighted by atomic mass is 16.7. The van der Waals surface area contributed by atoms with Crippen molar-refractivity contribution in [3.63, 3.8) is 0 Å². The number of benzene rings is 2. The summed E-state index contributed by atoms with van der Waals surface area (Å²) in [7, 11) is 1.59. The third-order valence-corrected chi connectivity index (χ3v) is 3.18. The zero-order valence-electron chi connectivity index (χ0n) is 11.4. The first-order valence-corrected chi connectivity index (χ1v) is 6.49. The van der Waals surface area contributed by atoms with Crippen LogP contribution in [0.3, 0.4) is 0 Å². The van der Waals surface area contributed by atoms with E-state index in [1.807, 2.05) is 54.6 Å². The van der Waals surface area contributed by atoms with E-state index in [1.54, 1.807) is 13.2 Å². The molecule has 4 heteroatoms. The number of para-hydroxylation sites is 1. The molecule has 0 fully saturated rings. The van der Waals surface area contributed by atoms with Gasteiger partial charge in [-0.25, -0.2) is 4.79 Å². The molecule has 0 saturated carbocycles. The van der Waals surface area contributed by atoms with Crippen molar-refractivity contribution in [2.75, 3.05) is 7.11 Å². The number of carbonyl (C=O) groups excluding carboxylic acids is 1. The van der Waals surface area contributed by atoms with Gasteiger partial charge in [-0.1, -0.05) is 53.7 Å². The molecule has 4 nitrogen and oxygen atoms in total. The Morgan fingerprint density at radius 2 is 1.76 bits per heavy atom. The van der Waals surface area contributed by atoms with E-state index >= 15 is 0 Å². The first kappa shape index (κ1) is 13.1. The van der Waals surface area contributed by atoms with Crippen LogP contribution in [0.2, 0.25) is 0 Å². The van der Waals surface area contributed by atoms with Crippen LogP contribution in [-0.4, -0.2) is 18.8 Å². The summed E-state index contributed by atoms with van der Waals surface area (Å²) in [5, 5.41) is 3.88. The van der Waals surface area contributed by atoms with Gasteiger partial charge in [0, 0.05) is 11.1 Å². The Kier molecular flexibility index (Phi) is 3.51. The van der Waals surface area contributed by atoms with Gasteiger partial charge in [-0.3, -0.25) is 0 Å². The van der Waals surface area contributed by atoms with Crippen molar-refractivity contribution in [1.82, 2.24) is 0 Å². The summed E-state index contributed by atoms with van der Waals surface area (Å²) in [4.78, 5) is 16.7. The SMILES string of the molecule is COc1ccccc1/C=C1/C(=O)ON=C1c1ccccc1. The molecule has 0 amide bonds. The Morgan fingerprint density at radius 1 is 1.05 bits per heavy atom. The van der Waals surface area contributed by atoms with Gasteiger partial charge in [-0.2, -0.15) is 0 Å². The number of rotatable bonds is 3. The lowest BCUT2D eigenvalue weighted by atomic mass is 10.0. The quantitative estimate of drug-likeness (QED) is 0.641. The van der Waals surface area contributed by atoms with E-state index in [1.165, 1.54) is 0 Å². The molecule has 0 aromatic heterocycles. The summed E-state index contributed by atoms with van der Waals surface area (Å²) in [5.74, 6) is 0.233. The van der Waals surface area contributed by atoms with Crippen LogP contribution >= 0.6 is 0 Å². The van der Waals surface area contributed by atoms with Gasteiger partial charge in [0.25, 0.3) is 0 Å². The Morgan fingerprint density at radius 3 is 2.52 bits per heavy atom. The second kappa shape index (κ2) is 5.63. The maximum absolute atomic E-state index is 11.9. The molecular formula is C17H13NO3. The van der Waals surface area contributed by atoms with Crippen molar-refractivity contribution in [2.24, 2.45) is 5.16 Å². The third-order valence-electron chi connectivity index (χ3n) is 3.18. The number of carbonyl (C=O) groups is 1. The monoisotopic (exact) mass is 279 g/mol. The minimum atomic E-state index is -0.459. The number of hydrogen-bond donors (Lipinski definition) is 0. The fourth-order valence-electron chi connectivity index (χ4n) is 2.15. The Bertz CT molecular complexity index is 733. The van der Waals surface area contributed by atoms with Gasteiger partial charge in [-0.05, 0) is 12.1 Å². The van der Waals surface area contributed by atoms with E-state index < -0.39 is 5.97 Å². The lowest BCUT2D eigenvalue weighted by molar-refractivity contribution is -0.136. The molecule has 2 aromatic carbocycles. The molecule has 0 unspecified atom stereocenters. The second-order valence-corrected chi connectivity index (χ2v) is 4.48. The molecule has 1 aliphatic heterocycles. The number of hydrogen-bond acceptors (Lipinski definition) is 4. The summed E-state index contributed by atoms with van der Waals surface area (Å²) in [6, 6.07) is 16.9. The number of ether oxygens (including phenoxy) is 1. The first-order chi connectivity index (χ1) is 10.3. The first-order valence-electron chi connectivity index (χ1n) is 6.49. The normalized spacial score (nSPS) is 15.8. The van der Waals surface area contributed by atoms with Crippen LogP contribution in [0.4, 0.5) is 0 Å². The van der Waals surface area contributed by atoms with Crippen molar-refractivity contribution in [1.29, 1.82) is 0 Å². The molecule has 0 radical (unpaired) electrons. The number of methoxy groups -OCH3 is 1. The summed E-state index contributed by atoms with van der Waals surface area (Å²) in [6.45, 7) is 0. The van der Waals surface area contributed by atoms with Crippen LogP contribution in [0, 0.1) is 0 Å². The molecule has 0 N–H and O–H groups in total. The molecule has 104 valence electrons. The average Bonchev–Trinajstić information content (AvgIpc) is 2.90. The highest BCUT2D eigenvalue weighted by Gasteiger charge is 2.26. The molecule has 0 aliphatic carbocycles. The Balaban J connectivity index is 2.05. The van der Waals surface area contributed by atoms with Crippen LogP contribution in [0.5, 0.6) is 5.75 Å². The largest absolute Gasteiger partial charge is 0.496 e. The fraction of sp³-hybridized carbons (Fsp3) is 0.0588. The molecule has 0 atom stereocenters. The van der Waals surface area contributed by atoms with E-state index in [-0.39, 0.29) is 0 Å². The van der Waals surface area contributed by atoms with Gasteiger partial charge in [0.2, 0.25) is 0 Å². The van der Waals surface area contributed by atoms with Gasteiger partial charge in [0.1, 0.15) is 11.5 Å². The minimum absolute atomic E-state index is 0.422. The predicted octanol–water partition coefficient (Wildman–Crippen LogP) is 3.04. The summed E-state index contributed by atoms with van der Waals surface area (Å²) < 4.78 is 5.30. The van der Waals surface area contributed by atoms with Gasteiger partial charge >= 0.3 is 5.97 Å². The van der Waals surface area contributed by atoms with Crippen LogP contribution in [0.1, 0.15) is 11.1 Å². The standard InChI is InChI=1S/C17H13NO3/c1-20-15-10-6-5-9-13(15)11-14-16(18-21-17(14)19)12-7-3-2-4-8-12/h2-11H,1H3/b14-11+. The Labute approximate surface area is 122 Å². The van der Waals surface area contributed by atoms with Gasteiger partial charge < -0.3 is 9.57 Å². The van der Waals surface area contributed by atoms with E-state index in [0.29, 0.717) is 17.0 Å². The van der Waals surface area contributed by atoms with E-state index in [9.17, 15) is 4.79 Å². The zero-order chi connectivity index (χ0) is 14.7. The molecule has 21 heavy (non-hydrogen) atoms. The van der Waals surface area contributed by atoms with E-state index in [2.05, 4.69) is 5.16 Å². The molecule has 3 rings (SSSR count). The number of nitrogens with zero attached hydrogens (tertiary/aromatic N) is 1. The summed E-state index contributed by atoms with van der Waals surface area (Å²) >= 11 is 0. The predicted molar refractivity (Wildman–Crippen MR) is 80.0 cm³/mol. The van der Waals surface area contributed by atoms with Gasteiger partial charge in [-0.15, -0.1) is 0 Å². The third kappa shape index (κ3) is 2.56. The molecule has 0 bridgehead atoms. The van der Waals surface area contributed by atoms with Crippen molar-refractivity contribution in [3.05, 3.63) is 71.3 Å².